The first-order valence-electron chi connectivity index (χ1n) is 7.60. The summed E-state index contributed by atoms with van der Waals surface area (Å²) in [6.07, 6.45) is 0. The highest BCUT2D eigenvalue weighted by molar-refractivity contribution is 5.83. The van der Waals surface area contributed by atoms with Crippen LogP contribution in [0.3, 0.4) is 0 Å². The van der Waals surface area contributed by atoms with Crippen molar-refractivity contribution in [3.05, 3.63) is 35.6 Å². The molecule has 1 atom stereocenters. The molecule has 0 heterocycles. The number of nitrogens with one attached hydrogen (secondary N) is 1. The number of hydrogen-bond donors (Lipinski definition) is 1. The van der Waals surface area contributed by atoms with Crippen LogP contribution < -0.4 is 5.32 Å². The molecule has 0 aliphatic heterocycles. The lowest BCUT2D eigenvalue weighted by Gasteiger charge is -2.35. The summed E-state index contributed by atoms with van der Waals surface area (Å²) in [5.74, 6) is -0.374. The van der Waals surface area contributed by atoms with Crippen LogP contribution in [0.5, 0.6) is 0 Å². The van der Waals surface area contributed by atoms with Crippen LogP contribution >= 0.6 is 0 Å². The van der Waals surface area contributed by atoms with Gasteiger partial charge < -0.3 is 5.32 Å². The number of carbonyl (C=O) groups is 1. The Balaban J connectivity index is 2.81. The van der Waals surface area contributed by atoms with Gasteiger partial charge in [0.25, 0.3) is 0 Å². The van der Waals surface area contributed by atoms with Crippen LogP contribution in [-0.4, -0.2) is 55.5 Å². The van der Waals surface area contributed by atoms with Crippen molar-refractivity contribution in [1.29, 1.82) is 0 Å². The lowest BCUT2D eigenvalue weighted by Crippen LogP contribution is -2.51. The van der Waals surface area contributed by atoms with E-state index in [0.717, 1.165) is 12.1 Å². The molecule has 0 fully saturated rings. The number of likely N-dealkylation sites (N-methyl/N-ethyl adjacent to an activating group) is 2. The molecule has 0 aliphatic rings. The van der Waals surface area contributed by atoms with E-state index in [2.05, 4.69) is 31.0 Å². The molecule has 1 rings (SSSR count). The van der Waals surface area contributed by atoms with Crippen molar-refractivity contribution in [2.24, 2.45) is 0 Å². The molecule has 4 nitrogen and oxygen atoms in total. The Bertz CT molecular complexity index is 485. The summed E-state index contributed by atoms with van der Waals surface area (Å²) in [5.41, 5.74) is 0.662. The SMILES string of the molecule is CCN(C)C(C)(C)CNC(=O)[C@@H](c1ccc(F)cc1)N(C)C. The van der Waals surface area contributed by atoms with Gasteiger partial charge in [-0.2, -0.15) is 0 Å². The molecule has 1 N–H and O–H groups in total. The van der Waals surface area contributed by atoms with Gasteiger partial charge in [-0.15, -0.1) is 0 Å². The Morgan fingerprint density at radius 3 is 2.23 bits per heavy atom. The van der Waals surface area contributed by atoms with Crippen molar-refractivity contribution >= 4 is 5.91 Å². The predicted octanol–water partition coefficient (Wildman–Crippen LogP) is 2.27. The van der Waals surface area contributed by atoms with Crippen LogP contribution in [0.1, 0.15) is 32.4 Å². The van der Waals surface area contributed by atoms with Gasteiger partial charge in [-0.25, -0.2) is 4.39 Å². The Hall–Kier alpha value is -1.46. The summed E-state index contributed by atoms with van der Waals surface area (Å²) >= 11 is 0. The molecule has 0 radical (unpaired) electrons. The van der Waals surface area contributed by atoms with Crippen LogP contribution in [-0.2, 0) is 4.79 Å². The number of nitrogens with zero attached hydrogens (tertiary/aromatic N) is 2. The average molecular weight is 309 g/mol. The second kappa shape index (κ2) is 7.70. The van der Waals surface area contributed by atoms with Crippen molar-refractivity contribution in [3.8, 4) is 0 Å². The zero-order valence-electron chi connectivity index (χ0n) is 14.5. The smallest absolute Gasteiger partial charge is 0.242 e. The van der Waals surface area contributed by atoms with E-state index >= 15 is 0 Å². The molecule has 0 saturated heterocycles. The quantitative estimate of drug-likeness (QED) is 0.839. The summed E-state index contributed by atoms with van der Waals surface area (Å²) in [4.78, 5) is 16.6. The number of hydrogen-bond acceptors (Lipinski definition) is 3. The Labute approximate surface area is 133 Å². The minimum Gasteiger partial charge on any atom is -0.353 e. The van der Waals surface area contributed by atoms with Crippen molar-refractivity contribution in [2.45, 2.75) is 32.4 Å². The molecule has 0 spiro atoms. The fourth-order valence-electron chi connectivity index (χ4n) is 2.29. The monoisotopic (exact) mass is 309 g/mol. The molecule has 22 heavy (non-hydrogen) atoms. The molecule has 5 heteroatoms. The van der Waals surface area contributed by atoms with Gasteiger partial charge in [0.2, 0.25) is 5.91 Å². The third-order valence-electron chi connectivity index (χ3n) is 4.15. The Kier molecular flexibility index (Phi) is 6.50. The highest BCUT2D eigenvalue weighted by Gasteiger charge is 2.27. The van der Waals surface area contributed by atoms with Crippen molar-refractivity contribution in [2.75, 3.05) is 34.2 Å². The third-order valence-corrected chi connectivity index (χ3v) is 4.15. The first-order chi connectivity index (χ1) is 10.2. The number of benzene rings is 1. The molecule has 0 aromatic heterocycles. The third kappa shape index (κ3) is 4.78. The normalized spacial score (nSPS) is 13.5. The zero-order valence-corrected chi connectivity index (χ0v) is 14.5. The van der Waals surface area contributed by atoms with Gasteiger partial charge in [-0.05, 0) is 59.2 Å². The molecule has 0 aliphatic carbocycles. The lowest BCUT2D eigenvalue weighted by atomic mass is 10.0. The number of amides is 1. The first kappa shape index (κ1) is 18.6. The summed E-state index contributed by atoms with van der Waals surface area (Å²) in [7, 11) is 5.73. The molecule has 0 saturated carbocycles. The second-order valence-corrected chi connectivity index (χ2v) is 6.46. The van der Waals surface area contributed by atoms with E-state index < -0.39 is 6.04 Å². The molecule has 1 aromatic carbocycles. The van der Waals surface area contributed by atoms with E-state index in [1.54, 1.807) is 12.1 Å². The largest absolute Gasteiger partial charge is 0.353 e. The van der Waals surface area contributed by atoms with Gasteiger partial charge in [0.1, 0.15) is 11.9 Å². The maximum Gasteiger partial charge on any atom is 0.242 e. The topological polar surface area (TPSA) is 35.6 Å². The average Bonchev–Trinajstić information content (AvgIpc) is 2.46. The maximum absolute atomic E-state index is 13.1. The van der Waals surface area contributed by atoms with E-state index in [-0.39, 0.29) is 17.3 Å². The standard InChI is InChI=1S/C17H28FN3O/c1-7-21(6)17(2,3)12-19-16(22)15(20(4)5)13-8-10-14(18)11-9-13/h8-11,15H,7,12H2,1-6H3,(H,19,22)/t15-/m1/s1. The molecule has 0 unspecified atom stereocenters. The molecule has 0 bridgehead atoms. The summed E-state index contributed by atoms with van der Waals surface area (Å²) in [6.45, 7) is 7.75. The van der Waals surface area contributed by atoms with Crippen LogP contribution in [0.25, 0.3) is 0 Å². The van der Waals surface area contributed by atoms with Crippen LogP contribution in [0.2, 0.25) is 0 Å². The van der Waals surface area contributed by atoms with E-state index in [1.165, 1.54) is 12.1 Å². The van der Waals surface area contributed by atoms with Crippen LogP contribution in [0.15, 0.2) is 24.3 Å². The highest BCUT2D eigenvalue weighted by atomic mass is 19.1. The minimum absolute atomic E-state index is 0.0748. The van der Waals surface area contributed by atoms with Gasteiger partial charge >= 0.3 is 0 Å². The number of carbonyl (C=O) groups excluding carboxylic acids is 1. The van der Waals surface area contributed by atoms with E-state index in [0.29, 0.717) is 6.54 Å². The van der Waals surface area contributed by atoms with E-state index in [4.69, 9.17) is 0 Å². The highest BCUT2D eigenvalue weighted by Crippen LogP contribution is 2.19. The zero-order chi connectivity index (χ0) is 16.9. The van der Waals surface area contributed by atoms with Crippen molar-refractivity contribution in [3.63, 3.8) is 0 Å². The predicted molar refractivity (Wildman–Crippen MR) is 88.2 cm³/mol. The van der Waals surface area contributed by atoms with Gasteiger partial charge in [0, 0.05) is 12.1 Å². The molecule has 1 aromatic rings. The first-order valence-corrected chi connectivity index (χ1v) is 7.60. The lowest BCUT2D eigenvalue weighted by molar-refractivity contribution is -0.126. The Morgan fingerprint density at radius 2 is 1.77 bits per heavy atom. The molecule has 124 valence electrons. The summed E-state index contributed by atoms with van der Waals surface area (Å²) < 4.78 is 13.1. The summed E-state index contributed by atoms with van der Waals surface area (Å²) in [5, 5.41) is 3.02. The second-order valence-electron chi connectivity index (χ2n) is 6.46. The van der Waals surface area contributed by atoms with Gasteiger partial charge in [-0.1, -0.05) is 19.1 Å². The fourth-order valence-corrected chi connectivity index (χ4v) is 2.29. The van der Waals surface area contributed by atoms with Crippen molar-refractivity contribution < 1.29 is 9.18 Å². The van der Waals surface area contributed by atoms with Gasteiger partial charge in [-0.3, -0.25) is 14.6 Å². The fraction of sp³-hybridized carbons (Fsp3) is 0.588. The van der Waals surface area contributed by atoms with Gasteiger partial charge in [0.15, 0.2) is 0 Å². The summed E-state index contributed by atoms with van der Waals surface area (Å²) in [6, 6.07) is 5.65. The van der Waals surface area contributed by atoms with Crippen LogP contribution in [0, 0.1) is 5.82 Å². The Morgan fingerprint density at radius 1 is 1.23 bits per heavy atom. The molecular formula is C17H28FN3O. The number of halogens is 1. The van der Waals surface area contributed by atoms with Crippen LogP contribution in [0.4, 0.5) is 4.39 Å². The van der Waals surface area contributed by atoms with Crippen molar-refractivity contribution in [1.82, 2.24) is 15.1 Å². The maximum atomic E-state index is 13.1. The molecular weight excluding hydrogens is 281 g/mol. The number of rotatable bonds is 7. The van der Waals surface area contributed by atoms with Gasteiger partial charge in [0.05, 0.1) is 0 Å². The van der Waals surface area contributed by atoms with E-state index in [1.807, 2.05) is 26.0 Å². The molecule has 1 amide bonds. The minimum atomic E-state index is -0.427. The van der Waals surface area contributed by atoms with E-state index in [9.17, 15) is 9.18 Å².